The van der Waals surface area contributed by atoms with Gasteiger partial charge in [-0.15, -0.1) is 11.8 Å². The van der Waals surface area contributed by atoms with Crippen molar-refractivity contribution in [3.63, 3.8) is 0 Å². The number of H-pyrrole nitrogens is 1. The maximum Gasteiger partial charge on any atom is 0.254 e. The van der Waals surface area contributed by atoms with Gasteiger partial charge in [0.05, 0.1) is 17.3 Å². The number of carbonyl (C=O) groups excluding carboxylic acids is 2. The van der Waals surface area contributed by atoms with Crippen LogP contribution in [0.3, 0.4) is 0 Å². The molecule has 2 saturated heterocycles. The predicted octanol–water partition coefficient (Wildman–Crippen LogP) is 6.41. The number of rotatable bonds is 10. The molecule has 56 heavy (non-hydrogen) atoms. The molecule has 4 saturated carbocycles. The summed E-state index contributed by atoms with van der Waals surface area (Å²) in [5.41, 5.74) is 3.66. The van der Waals surface area contributed by atoms with Gasteiger partial charge in [-0.2, -0.15) is 5.10 Å². The Morgan fingerprint density at radius 2 is 1.68 bits per heavy atom. The highest BCUT2D eigenvalue weighted by Crippen LogP contribution is 2.61. The fourth-order valence-corrected chi connectivity index (χ4v) is 11.9. The summed E-state index contributed by atoms with van der Waals surface area (Å²) in [6.07, 6.45) is 14.0. The molecular weight excluding hydrogens is 728 g/mol. The lowest BCUT2D eigenvalue weighted by Crippen LogP contribution is -2.64. The minimum Gasteiger partial charge on any atom is -0.352 e. The number of thioether (sulfide) groups is 1. The third-order valence-electron chi connectivity index (χ3n) is 13.5. The van der Waals surface area contributed by atoms with E-state index >= 15 is 4.39 Å². The molecule has 0 radical (unpaired) electrons. The third-order valence-corrected chi connectivity index (χ3v) is 14.3. The van der Waals surface area contributed by atoms with Crippen molar-refractivity contribution < 1.29 is 14.0 Å². The van der Waals surface area contributed by atoms with Crippen molar-refractivity contribution in [2.45, 2.75) is 89.2 Å². The van der Waals surface area contributed by atoms with E-state index in [-0.39, 0.29) is 29.5 Å². The molecule has 13 heteroatoms. The number of likely N-dealkylation sites (tertiary alicyclic amines) is 1. The molecule has 2 aliphatic heterocycles. The molecule has 0 unspecified atom stereocenters. The van der Waals surface area contributed by atoms with Crippen LogP contribution in [0.5, 0.6) is 0 Å². The van der Waals surface area contributed by atoms with E-state index in [9.17, 15) is 14.4 Å². The molecule has 5 heterocycles. The van der Waals surface area contributed by atoms with Crippen molar-refractivity contribution in [2.24, 2.45) is 23.2 Å². The molecule has 296 valence electrons. The number of carbonyl (C=O) groups is 2. The first-order valence-corrected chi connectivity index (χ1v) is 21.7. The van der Waals surface area contributed by atoms with Crippen molar-refractivity contribution in [3.8, 4) is 11.1 Å². The number of benzene rings is 1. The normalized spacial score (nSPS) is 25.0. The van der Waals surface area contributed by atoms with Crippen LogP contribution >= 0.6 is 11.8 Å². The van der Waals surface area contributed by atoms with Gasteiger partial charge in [0, 0.05) is 97.6 Å². The fraction of sp³-hybridized carbons (Fsp3) is 0.558. The molecule has 1 aromatic carbocycles. The molecular formula is C43H53FN8O3S. The van der Waals surface area contributed by atoms with Crippen LogP contribution in [-0.2, 0) is 11.3 Å². The molecule has 4 aliphatic carbocycles. The molecule has 11 nitrogen and oxygen atoms in total. The average molecular weight is 781 g/mol. The Labute approximate surface area is 331 Å². The topological polar surface area (TPSA) is 119 Å². The maximum absolute atomic E-state index is 16.0. The minimum atomic E-state index is -0.410. The van der Waals surface area contributed by atoms with E-state index in [1.807, 2.05) is 48.7 Å². The van der Waals surface area contributed by atoms with Gasteiger partial charge in [0.2, 0.25) is 5.91 Å². The van der Waals surface area contributed by atoms with Crippen LogP contribution in [0.15, 0.2) is 46.3 Å². The lowest BCUT2D eigenvalue weighted by molar-refractivity contribution is -0.146. The molecule has 4 bridgehead atoms. The number of pyridine rings is 2. The van der Waals surface area contributed by atoms with Crippen molar-refractivity contribution in [1.29, 1.82) is 0 Å². The first-order valence-electron chi connectivity index (χ1n) is 20.4. The highest BCUT2D eigenvalue weighted by Gasteiger charge is 2.52. The largest absolute Gasteiger partial charge is 0.352 e. The monoisotopic (exact) mass is 780 g/mol. The number of amides is 2. The molecule has 6 fully saturated rings. The summed E-state index contributed by atoms with van der Waals surface area (Å²) < 4.78 is 17.8. The lowest BCUT2D eigenvalue weighted by atomic mass is 9.49. The van der Waals surface area contributed by atoms with E-state index in [0.29, 0.717) is 58.5 Å². The van der Waals surface area contributed by atoms with Gasteiger partial charge in [-0.3, -0.25) is 24.0 Å². The summed E-state index contributed by atoms with van der Waals surface area (Å²) in [7, 11) is 0. The van der Waals surface area contributed by atoms with Gasteiger partial charge in [0.25, 0.3) is 11.5 Å². The van der Waals surface area contributed by atoms with Crippen molar-refractivity contribution in [1.82, 2.24) is 34.9 Å². The van der Waals surface area contributed by atoms with Crippen molar-refractivity contribution >= 4 is 40.3 Å². The fourth-order valence-electron chi connectivity index (χ4n) is 11.2. The Balaban J connectivity index is 0.853. The molecule has 2 N–H and O–H groups in total. The second-order valence-corrected chi connectivity index (χ2v) is 18.6. The molecule has 4 aromatic rings. The van der Waals surface area contributed by atoms with Crippen LogP contribution in [0.1, 0.15) is 86.5 Å². The summed E-state index contributed by atoms with van der Waals surface area (Å²) in [4.78, 5) is 54.8. The number of nitrogens with zero attached hydrogens (tertiary/aromatic N) is 6. The quantitative estimate of drug-likeness (QED) is 0.178. The highest BCUT2D eigenvalue weighted by molar-refractivity contribution is 7.98. The Kier molecular flexibility index (Phi) is 9.75. The Morgan fingerprint density at radius 3 is 2.32 bits per heavy atom. The van der Waals surface area contributed by atoms with E-state index < -0.39 is 5.82 Å². The number of aromatic amines is 1. The number of anilines is 1. The van der Waals surface area contributed by atoms with E-state index in [4.69, 9.17) is 0 Å². The minimum absolute atomic E-state index is 0.0275. The summed E-state index contributed by atoms with van der Waals surface area (Å²) in [6.45, 7) is 10.4. The smallest absolute Gasteiger partial charge is 0.254 e. The Morgan fingerprint density at radius 1 is 0.982 bits per heavy atom. The van der Waals surface area contributed by atoms with Crippen LogP contribution < -0.4 is 15.8 Å². The average Bonchev–Trinajstić information content (AvgIpc) is 3.57. The number of aryl methyl sites for hydroxylation is 1. The molecule has 3 aromatic heterocycles. The molecule has 10 rings (SSSR count). The van der Waals surface area contributed by atoms with Crippen molar-refractivity contribution in [2.75, 3.05) is 50.4 Å². The second kappa shape index (κ2) is 14.6. The van der Waals surface area contributed by atoms with Crippen LogP contribution in [0.4, 0.5) is 10.2 Å². The van der Waals surface area contributed by atoms with Crippen LogP contribution in [-0.4, -0.2) is 92.9 Å². The molecule has 6 aliphatic rings. The van der Waals surface area contributed by atoms with E-state index in [1.165, 1.54) is 56.4 Å². The number of hydrogen-bond acceptors (Lipinski definition) is 8. The third kappa shape index (κ3) is 6.92. The Hall–Kier alpha value is -4.23. The van der Waals surface area contributed by atoms with Crippen molar-refractivity contribution in [3.05, 3.63) is 69.7 Å². The summed E-state index contributed by atoms with van der Waals surface area (Å²) >= 11 is 1.46. The van der Waals surface area contributed by atoms with Gasteiger partial charge >= 0.3 is 0 Å². The van der Waals surface area contributed by atoms with Crippen LogP contribution in [0.2, 0.25) is 0 Å². The number of aromatic nitrogens is 4. The first kappa shape index (κ1) is 37.4. The number of halogens is 1. The molecule has 2 amide bonds. The lowest BCUT2D eigenvalue weighted by Gasteiger charge is -2.57. The second-order valence-electron chi connectivity index (χ2n) is 17.7. The zero-order valence-electron chi connectivity index (χ0n) is 32.9. The maximum atomic E-state index is 16.0. The van der Waals surface area contributed by atoms with Gasteiger partial charge in [0.1, 0.15) is 0 Å². The zero-order chi connectivity index (χ0) is 38.9. The highest BCUT2D eigenvalue weighted by atomic mass is 32.2. The zero-order valence-corrected chi connectivity index (χ0v) is 33.8. The van der Waals surface area contributed by atoms with Gasteiger partial charge in [-0.05, 0) is 119 Å². The summed E-state index contributed by atoms with van der Waals surface area (Å²) in [5, 5.41) is 8.20. The van der Waals surface area contributed by atoms with Gasteiger partial charge in [-0.25, -0.2) is 9.37 Å². The number of hydrogen-bond donors (Lipinski definition) is 2. The molecule has 0 spiro atoms. The number of piperazine rings is 1. The summed E-state index contributed by atoms with van der Waals surface area (Å²) in [6, 6.07) is 7.48. The molecule has 0 atom stereocenters. The SMILES string of the molecule is CSc1cc(C)[nH]c(=O)c1CNC(=O)c1cc(-c2cnc(N3CCN(C4CN(C(=O)CC56CC7CC(CC(C7)C5)C6)C4)CC3)c(F)c2)cc2c1cnn2C(C)C. The van der Waals surface area contributed by atoms with Gasteiger partial charge < -0.3 is 20.1 Å². The van der Waals surface area contributed by atoms with Crippen LogP contribution in [0.25, 0.3) is 22.0 Å². The Bertz CT molecular complexity index is 2200. The number of nitrogens with one attached hydrogen (secondary N) is 2. The van der Waals surface area contributed by atoms with Crippen LogP contribution in [0, 0.1) is 35.9 Å². The number of fused-ring (bicyclic) bond motifs is 1. The standard InChI is InChI=1S/C43H53FN8O3S/c1-25(2)52-37-15-30(13-33(34(37)22-47-52)41(54)46-21-35-38(56-4)9-26(3)48-42(35)55)31-14-36(44)40(45-20-31)50-7-5-49(6-8-50)32-23-51(24-32)39(53)19-43-16-27-10-28(17-43)12-29(11-27)18-43/h9,13-15,20,22,25,27-29,32H,5-8,10-12,16-19,21,23-24H2,1-4H3,(H,46,54)(H,48,55). The van der Waals surface area contributed by atoms with Gasteiger partial charge in [-0.1, -0.05) is 0 Å². The van der Waals surface area contributed by atoms with E-state index in [0.717, 1.165) is 66.5 Å². The van der Waals surface area contributed by atoms with Gasteiger partial charge in [0.15, 0.2) is 11.6 Å². The summed E-state index contributed by atoms with van der Waals surface area (Å²) in [5.74, 6) is 2.51. The van der Waals surface area contributed by atoms with E-state index in [1.54, 1.807) is 18.5 Å². The first-order chi connectivity index (χ1) is 27.0. The predicted molar refractivity (Wildman–Crippen MR) is 217 cm³/mol. The van der Waals surface area contributed by atoms with E-state index in [2.05, 4.69) is 30.2 Å².